The van der Waals surface area contributed by atoms with Crippen LogP contribution in [0.4, 0.5) is 0 Å². The van der Waals surface area contributed by atoms with Crippen molar-refractivity contribution in [1.82, 2.24) is 15.5 Å². The number of nitrogens with zero attached hydrogens (tertiary/aromatic N) is 2. The summed E-state index contributed by atoms with van der Waals surface area (Å²) >= 11 is 0. The Morgan fingerprint density at radius 1 is 1.44 bits per heavy atom. The summed E-state index contributed by atoms with van der Waals surface area (Å²) in [6.45, 7) is 0.590. The van der Waals surface area contributed by atoms with Crippen molar-refractivity contribution in [2.45, 2.75) is 25.7 Å². The monoisotopic (exact) mass is 221 g/mol. The summed E-state index contributed by atoms with van der Waals surface area (Å²) in [6, 6.07) is 0. The third-order valence-corrected chi connectivity index (χ3v) is 3.66. The maximum atomic E-state index is 11.8. The number of fused-ring (bicyclic) bond motifs is 1. The lowest BCUT2D eigenvalue weighted by Crippen LogP contribution is -2.31. The van der Waals surface area contributed by atoms with E-state index in [1.807, 2.05) is 0 Å². The number of aromatic nitrogens is 2. The summed E-state index contributed by atoms with van der Waals surface area (Å²) < 4.78 is 4.85. The summed E-state index contributed by atoms with van der Waals surface area (Å²) in [5, 5.41) is 6.45. The molecule has 2 unspecified atom stereocenters. The van der Waals surface area contributed by atoms with E-state index in [9.17, 15) is 4.79 Å². The first-order valence-corrected chi connectivity index (χ1v) is 5.86. The zero-order valence-corrected chi connectivity index (χ0v) is 9.06. The fourth-order valence-corrected chi connectivity index (χ4v) is 2.67. The molecule has 1 N–H and O–H groups in total. The first-order chi connectivity index (χ1) is 7.83. The molecule has 0 radical (unpaired) electrons. The normalized spacial score (nSPS) is 31.1. The quantitative estimate of drug-likeness (QED) is 0.815. The third-order valence-electron chi connectivity index (χ3n) is 3.66. The predicted octanol–water partition coefficient (Wildman–Crippen LogP) is 0.774. The highest BCUT2D eigenvalue weighted by Crippen LogP contribution is 2.54. The van der Waals surface area contributed by atoms with Crippen LogP contribution in [0, 0.1) is 17.8 Å². The first-order valence-electron chi connectivity index (χ1n) is 5.86. The molecule has 1 amide bonds. The molecule has 16 heavy (non-hydrogen) atoms. The van der Waals surface area contributed by atoms with Crippen molar-refractivity contribution in [1.29, 1.82) is 0 Å². The van der Waals surface area contributed by atoms with Gasteiger partial charge in [0.15, 0.2) is 6.33 Å². The van der Waals surface area contributed by atoms with Crippen molar-refractivity contribution in [3.8, 4) is 0 Å². The van der Waals surface area contributed by atoms with Crippen LogP contribution in [0.1, 0.15) is 25.2 Å². The van der Waals surface area contributed by atoms with Crippen LogP contribution in [0.15, 0.2) is 10.9 Å². The molecule has 5 heteroatoms. The van der Waals surface area contributed by atoms with Crippen LogP contribution >= 0.6 is 0 Å². The van der Waals surface area contributed by atoms with Gasteiger partial charge in [-0.15, -0.1) is 0 Å². The minimum absolute atomic E-state index is 0.201. The highest BCUT2D eigenvalue weighted by Gasteiger charge is 2.47. The highest BCUT2D eigenvalue weighted by molar-refractivity contribution is 5.79. The van der Waals surface area contributed by atoms with E-state index >= 15 is 0 Å². The van der Waals surface area contributed by atoms with Gasteiger partial charge < -0.3 is 9.84 Å². The Balaban J connectivity index is 1.40. The molecule has 1 aromatic heterocycles. The van der Waals surface area contributed by atoms with Crippen molar-refractivity contribution in [2.75, 3.05) is 6.54 Å². The summed E-state index contributed by atoms with van der Waals surface area (Å²) in [5.41, 5.74) is 0. The van der Waals surface area contributed by atoms with Gasteiger partial charge in [0.05, 0.1) is 0 Å². The van der Waals surface area contributed by atoms with Crippen LogP contribution in [0.25, 0.3) is 0 Å². The molecule has 2 fully saturated rings. The average molecular weight is 221 g/mol. The lowest BCUT2D eigenvalue weighted by atomic mass is 10.0. The number of hydrogen-bond donors (Lipinski definition) is 1. The average Bonchev–Trinajstić information content (AvgIpc) is 2.72. The van der Waals surface area contributed by atoms with Gasteiger partial charge in [-0.2, -0.15) is 4.98 Å². The lowest BCUT2D eigenvalue weighted by molar-refractivity contribution is -0.125. The van der Waals surface area contributed by atoms with Crippen LogP contribution in [-0.4, -0.2) is 22.6 Å². The maximum absolute atomic E-state index is 11.8. The fourth-order valence-electron chi connectivity index (χ4n) is 2.67. The van der Waals surface area contributed by atoms with Crippen LogP contribution in [0.2, 0.25) is 0 Å². The molecule has 2 aliphatic carbocycles. The smallest absolute Gasteiger partial charge is 0.228 e. The molecule has 0 spiro atoms. The number of rotatable bonds is 4. The Hall–Kier alpha value is -1.39. The zero-order valence-electron chi connectivity index (χ0n) is 9.06. The van der Waals surface area contributed by atoms with Crippen molar-refractivity contribution < 1.29 is 9.32 Å². The second-order valence-corrected chi connectivity index (χ2v) is 4.80. The maximum Gasteiger partial charge on any atom is 0.228 e. The van der Waals surface area contributed by atoms with E-state index < -0.39 is 0 Å². The number of amides is 1. The molecular weight excluding hydrogens is 206 g/mol. The second-order valence-electron chi connectivity index (χ2n) is 4.80. The molecule has 2 aliphatic rings. The largest absolute Gasteiger partial charge is 0.355 e. The topological polar surface area (TPSA) is 68.0 Å². The fraction of sp³-hybridized carbons (Fsp3) is 0.727. The second kappa shape index (κ2) is 3.88. The van der Waals surface area contributed by atoms with E-state index in [1.54, 1.807) is 0 Å². The molecule has 0 bridgehead atoms. The van der Waals surface area contributed by atoms with Crippen molar-refractivity contribution in [2.24, 2.45) is 17.8 Å². The van der Waals surface area contributed by atoms with E-state index in [-0.39, 0.29) is 11.8 Å². The summed E-state index contributed by atoms with van der Waals surface area (Å²) in [5.74, 6) is 2.74. The number of nitrogens with one attached hydrogen (secondary N) is 1. The Morgan fingerprint density at radius 3 is 2.94 bits per heavy atom. The van der Waals surface area contributed by atoms with E-state index in [2.05, 4.69) is 15.5 Å². The number of carbonyl (C=O) groups is 1. The molecule has 1 aromatic rings. The number of carbonyl (C=O) groups excluding carboxylic acids is 1. The number of hydrogen-bond acceptors (Lipinski definition) is 4. The summed E-state index contributed by atoms with van der Waals surface area (Å²) in [4.78, 5) is 15.7. The summed E-state index contributed by atoms with van der Waals surface area (Å²) in [6.07, 6.45) is 5.53. The Kier molecular flexibility index (Phi) is 2.38. The van der Waals surface area contributed by atoms with Crippen LogP contribution < -0.4 is 5.32 Å². The van der Waals surface area contributed by atoms with E-state index in [4.69, 9.17) is 4.52 Å². The van der Waals surface area contributed by atoms with Gasteiger partial charge in [-0.25, -0.2) is 0 Å². The van der Waals surface area contributed by atoms with Crippen LogP contribution in [-0.2, 0) is 11.2 Å². The molecule has 86 valence electrons. The molecule has 2 saturated carbocycles. The highest BCUT2D eigenvalue weighted by atomic mass is 16.5. The Labute approximate surface area is 93.6 Å². The molecular formula is C11H15N3O2. The summed E-state index contributed by atoms with van der Waals surface area (Å²) in [7, 11) is 0. The van der Waals surface area contributed by atoms with Gasteiger partial charge in [-0.3, -0.25) is 4.79 Å². The van der Waals surface area contributed by atoms with Gasteiger partial charge >= 0.3 is 0 Å². The standard InChI is InChI=1S/C11H15N3O2/c15-11(9-4-7-3-8(7)5-9)12-2-1-10-13-6-14-16-10/h6-9H,1-5H2,(H,12,15). The van der Waals surface area contributed by atoms with Gasteiger partial charge in [-0.05, 0) is 31.1 Å². The molecule has 5 nitrogen and oxygen atoms in total. The minimum Gasteiger partial charge on any atom is -0.355 e. The van der Waals surface area contributed by atoms with E-state index in [1.165, 1.54) is 12.7 Å². The van der Waals surface area contributed by atoms with Gasteiger partial charge in [0.1, 0.15) is 0 Å². The van der Waals surface area contributed by atoms with Gasteiger partial charge in [0.2, 0.25) is 11.8 Å². The SMILES string of the molecule is O=C(NCCc1ncno1)C1CC2CC2C1. The predicted molar refractivity (Wildman–Crippen MR) is 55.3 cm³/mol. The van der Waals surface area contributed by atoms with E-state index in [0.29, 0.717) is 18.9 Å². The van der Waals surface area contributed by atoms with Gasteiger partial charge in [-0.1, -0.05) is 5.16 Å². The molecule has 0 saturated heterocycles. The van der Waals surface area contributed by atoms with E-state index in [0.717, 1.165) is 24.7 Å². The van der Waals surface area contributed by atoms with Crippen molar-refractivity contribution in [3.05, 3.63) is 12.2 Å². The van der Waals surface area contributed by atoms with Crippen molar-refractivity contribution >= 4 is 5.91 Å². The Bertz CT molecular complexity index is 367. The van der Waals surface area contributed by atoms with Crippen LogP contribution in [0.3, 0.4) is 0 Å². The zero-order chi connectivity index (χ0) is 11.0. The molecule has 2 atom stereocenters. The molecule has 3 rings (SSSR count). The lowest BCUT2D eigenvalue weighted by Gasteiger charge is -2.11. The third kappa shape index (κ3) is 1.94. The minimum atomic E-state index is 0.201. The van der Waals surface area contributed by atoms with Crippen LogP contribution in [0.5, 0.6) is 0 Å². The molecule has 0 aliphatic heterocycles. The van der Waals surface area contributed by atoms with Gasteiger partial charge in [0.25, 0.3) is 0 Å². The van der Waals surface area contributed by atoms with Crippen molar-refractivity contribution in [3.63, 3.8) is 0 Å². The molecule has 1 heterocycles. The molecule has 0 aromatic carbocycles. The first kappa shape index (κ1) is 9.81. The van der Waals surface area contributed by atoms with Gasteiger partial charge in [0, 0.05) is 18.9 Å². The Morgan fingerprint density at radius 2 is 2.25 bits per heavy atom.